The number of nitrogens with zero attached hydrogens (tertiary/aromatic N) is 1. The summed E-state index contributed by atoms with van der Waals surface area (Å²) < 4.78 is 35.8. The molecule has 0 bridgehead atoms. The summed E-state index contributed by atoms with van der Waals surface area (Å²) in [4.78, 5) is 12.7. The van der Waals surface area contributed by atoms with Gasteiger partial charge in [-0.25, -0.2) is 4.39 Å². The molecule has 0 spiro atoms. The predicted molar refractivity (Wildman–Crippen MR) is 112 cm³/mol. The highest BCUT2D eigenvalue weighted by atomic mass is 19.1. The lowest BCUT2D eigenvalue weighted by Crippen LogP contribution is -2.18. The first-order valence-corrected chi connectivity index (χ1v) is 9.55. The van der Waals surface area contributed by atoms with Crippen LogP contribution in [0.2, 0.25) is 0 Å². The quantitative estimate of drug-likeness (QED) is 0.482. The summed E-state index contributed by atoms with van der Waals surface area (Å²) in [7, 11) is 4.66. The number of carbonyl (C=O) groups excluding carboxylic acids is 1. The van der Waals surface area contributed by atoms with Gasteiger partial charge in [-0.05, 0) is 43.3 Å². The molecule has 0 radical (unpaired) electrons. The maximum absolute atomic E-state index is 13.4. The van der Waals surface area contributed by atoms with Crippen molar-refractivity contribution in [1.82, 2.24) is 10.5 Å². The van der Waals surface area contributed by atoms with Gasteiger partial charge in [0.15, 0.2) is 0 Å². The third-order valence-electron chi connectivity index (χ3n) is 5.05. The van der Waals surface area contributed by atoms with Crippen molar-refractivity contribution in [3.63, 3.8) is 0 Å². The second kappa shape index (κ2) is 8.23. The SMILES string of the molecule is CNC(=O)c1c(-c2ccc(F)cc2)oc2cc(-c3c(COC)noc3C)c(OC)cc12. The number of halogens is 1. The van der Waals surface area contributed by atoms with Gasteiger partial charge in [0.1, 0.15) is 34.4 Å². The summed E-state index contributed by atoms with van der Waals surface area (Å²) >= 11 is 0. The zero-order valence-corrected chi connectivity index (χ0v) is 17.5. The fourth-order valence-corrected chi connectivity index (χ4v) is 3.64. The fraction of sp³-hybridized carbons (Fsp3) is 0.217. The third kappa shape index (κ3) is 3.55. The first-order valence-electron chi connectivity index (χ1n) is 9.55. The number of aromatic nitrogens is 1. The number of fused-ring (bicyclic) bond motifs is 1. The van der Waals surface area contributed by atoms with Crippen molar-refractivity contribution in [3.05, 3.63) is 59.2 Å². The number of carbonyl (C=O) groups is 1. The zero-order chi connectivity index (χ0) is 22.1. The molecule has 160 valence electrons. The van der Waals surface area contributed by atoms with Crippen LogP contribution in [0.3, 0.4) is 0 Å². The number of hydrogen-bond acceptors (Lipinski definition) is 6. The molecule has 0 aliphatic heterocycles. The maximum Gasteiger partial charge on any atom is 0.255 e. The van der Waals surface area contributed by atoms with Gasteiger partial charge in [0, 0.05) is 30.7 Å². The Balaban J connectivity index is 2.00. The van der Waals surface area contributed by atoms with E-state index in [9.17, 15) is 9.18 Å². The van der Waals surface area contributed by atoms with Crippen molar-refractivity contribution in [2.45, 2.75) is 13.5 Å². The molecule has 0 aliphatic carbocycles. The summed E-state index contributed by atoms with van der Waals surface area (Å²) in [6.07, 6.45) is 0. The Morgan fingerprint density at radius 2 is 1.94 bits per heavy atom. The van der Waals surface area contributed by atoms with E-state index in [4.69, 9.17) is 18.4 Å². The minimum Gasteiger partial charge on any atom is -0.496 e. The molecule has 1 N–H and O–H groups in total. The monoisotopic (exact) mass is 424 g/mol. The average Bonchev–Trinajstić information content (AvgIpc) is 3.32. The van der Waals surface area contributed by atoms with Crippen LogP contribution in [0.5, 0.6) is 5.75 Å². The molecule has 4 rings (SSSR count). The number of furan rings is 1. The van der Waals surface area contributed by atoms with Crippen LogP contribution in [-0.2, 0) is 11.3 Å². The summed E-state index contributed by atoms with van der Waals surface area (Å²) in [5.41, 5.74) is 3.45. The van der Waals surface area contributed by atoms with Gasteiger partial charge < -0.3 is 23.7 Å². The Labute approximate surface area is 177 Å². The summed E-state index contributed by atoms with van der Waals surface area (Å²) in [5, 5.41) is 7.28. The van der Waals surface area contributed by atoms with Crippen LogP contribution in [0, 0.1) is 12.7 Å². The van der Waals surface area contributed by atoms with Crippen molar-refractivity contribution in [2.24, 2.45) is 0 Å². The summed E-state index contributed by atoms with van der Waals surface area (Å²) in [5.74, 6) is 0.759. The van der Waals surface area contributed by atoms with Gasteiger partial charge >= 0.3 is 0 Å². The van der Waals surface area contributed by atoms with Crippen LogP contribution >= 0.6 is 0 Å². The molecule has 4 aromatic rings. The van der Waals surface area contributed by atoms with Crippen LogP contribution in [0.25, 0.3) is 33.4 Å². The van der Waals surface area contributed by atoms with Crippen molar-refractivity contribution >= 4 is 16.9 Å². The minimum atomic E-state index is -0.376. The second-order valence-corrected chi connectivity index (χ2v) is 6.93. The number of hydrogen-bond donors (Lipinski definition) is 1. The van der Waals surface area contributed by atoms with E-state index in [0.29, 0.717) is 50.6 Å². The van der Waals surface area contributed by atoms with E-state index in [0.717, 1.165) is 5.56 Å². The summed E-state index contributed by atoms with van der Waals surface area (Å²) in [6.45, 7) is 2.06. The van der Waals surface area contributed by atoms with E-state index in [1.807, 2.05) is 0 Å². The van der Waals surface area contributed by atoms with Gasteiger partial charge in [-0.15, -0.1) is 0 Å². The van der Waals surface area contributed by atoms with E-state index in [1.54, 1.807) is 52.5 Å². The lowest BCUT2D eigenvalue weighted by Gasteiger charge is -2.09. The number of rotatable bonds is 6. The molecule has 2 heterocycles. The highest BCUT2D eigenvalue weighted by molar-refractivity contribution is 6.12. The molecule has 8 heteroatoms. The van der Waals surface area contributed by atoms with E-state index in [-0.39, 0.29) is 18.3 Å². The Bertz CT molecular complexity index is 1260. The lowest BCUT2D eigenvalue weighted by molar-refractivity contribution is 0.0964. The third-order valence-corrected chi connectivity index (χ3v) is 5.05. The number of aryl methyl sites for hydroxylation is 1. The second-order valence-electron chi connectivity index (χ2n) is 6.93. The van der Waals surface area contributed by atoms with Gasteiger partial charge in [0.2, 0.25) is 0 Å². The maximum atomic E-state index is 13.4. The largest absolute Gasteiger partial charge is 0.496 e. The van der Waals surface area contributed by atoms with Crippen LogP contribution in [0.4, 0.5) is 4.39 Å². The molecule has 0 fully saturated rings. The average molecular weight is 424 g/mol. The number of amides is 1. The van der Waals surface area contributed by atoms with Gasteiger partial charge in [0.25, 0.3) is 5.91 Å². The topological polar surface area (TPSA) is 86.7 Å². The van der Waals surface area contributed by atoms with Crippen molar-refractivity contribution in [1.29, 1.82) is 0 Å². The van der Waals surface area contributed by atoms with Crippen molar-refractivity contribution in [3.8, 4) is 28.2 Å². The minimum absolute atomic E-state index is 0.260. The smallest absolute Gasteiger partial charge is 0.255 e. The molecule has 7 nitrogen and oxygen atoms in total. The van der Waals surface area contributed by atoms with E-state index in [1.165, 1.54) is 12.1 Å². The van der Waals surface area contributed by atoms with Crippen LogP contribution < -0.4 is 10.1 Å². The number of nitrogens with one attached hydrogen (secondary N) is 1. The van der Waals surface area contributed by atoms with Gasteiger partial charge in [-0.1, -0.05) is 5.16 Å². The number of methoxy groups -OCH3 is 2. The first-order chi connectivity index (χ1) is 15.0. The predicted octanol–water partition coefficient (Wildman–Crippen LogP) is 4.72. The molecule has 2 aromatic carbocycles. The van der Waals surface area contributed by atoms with Crippen molar-refractivity contribution in [2.75, 3.05) is 21.3 Å². The van der Waals surface area contributed by atoms with E-state index in [2.05, 4.69) is 10.5 Å². The first kappa shape index (κ1) is 20.6. The highest BCUT2D eigenvalue weighted by Gasteiger charge is 2.26. The summed E-state index contributed by atoms with van der Waals surface area (Å²) in [6, 6.07) is 9.30. The zero-order valence-electron chi connectivity index (χ0n) is 17.5. The number of ether oxygens (including phenoxy) is 2. The van der Waals surface area contributed by atoms with Crippen LogP contribution in [0.1, 0.15) is 21.8 Å². The van der Waals surface area contributed by atoms with Gasteiger partial charge in [-0.2, -0.15) is 0 Å². The van der Waals surface area contributed by atoms with E-state index >= 15 is 0 Å². The Morgan fingerprint density at radius 3 is 2.58 bits per heavy atom. The molecule has 31 heavy (non-hydrogen) atoms. The molecule has 0 aliphatic rings. The van der Waals surface area contributed by atoms with Crippen molar-refractivity contribution < 1.29 is 27.6 Å². The highest BCUT2D eigenvalue weighted by Crippen LogP contribution is 2.42. The molecule has 0 unspecified atom stereocenters. The molecular weight excluding hydrogens is 403 g/mol. The van der Waals surface area contributed by atoms with Crippen LogP contribution in [0.15, 0.2) is 45.3 Å². The molecule has 0 atom stereocenters. The van der Waals surface area contributed by atoms with Gasteiger partial charge in [0.05, 0.1) is 24.8 Å². The Kier molecular flexibility index (Phi) is 5.48. The molecule has 1 amide bonds. The lowest BCUT2D eigenvalue weighted by atomic mass is 9.99. The Morgan fingerprint density at radius 1 is 1.19 bits per heavy atom. The van der Waals surface area contributed by atoms with Crippen LogP contribution in [-0.4, -0.2) is 32.3 Å². The normalized spacial score (nSPS) is 11.1. The number of benzene rings is 2. The molecule has 2 aromatic heterocycles. The molecule has 0 saturated carbocycles. The standard InChI is InChI=1S/C23H21FN2O5/c1-12-20(17(11-28-3)26-31-12)15-10-19-16(9-18(15)29-4)21(23(27)25-2)22(30-19)13-5-7-14(24)8-6-13/h5-10H,11H2,1-4H3,(H,25,27). The fourth-order valence-electron chi connectivity index (χ4n) is 3.64. The molecule has 0 saturated heterocycles. The van der Waals surface area contributed by atoms with Gasteiger partial charge in [-0.3, -0.25) is 4.79 Å². The Hall–Kier alpha value is -3.65. The molecular formula is C23H21FN2O5. The van der Waals surface area contributed by atoms with E-state index < -0.39 is 0 Å².